The maximum absolute atomic E-state index is 13.3. The molecule has 1 aromatic heterocycles. The number of hydrogen-bond acceptors (Lipinski definition) is 6. The van der Waals surface area contributed by atoms with Crippen LogP contribution in [0.3, 0.4) is 0 Å². The zero-order valence-electron chi connectivity index (χ0n) is 19.6. The van der Waals surface area contributed by atoms with Crippen molar-refractivity contribution in [3.8, 4) is 0 Å². The van der Waals surface area contributed by atoms with E-state index in [0.29, 0.717) is 22.5 Å². The average Bonchev–Trinajstić information content (AvgIpc) is 3.29. The number of nitrogens with one attached hydrogen (secondary N) is 2. The number of anilines is 1. The summed E-state index contributed by atoms with van der Waals surface area (Å²) in [6.07, 6.45) is 3.67. The van der Waals surface area contributed by atoms with E-state index in [1.807, 2.05) is 13.0 Å². The monoisotopic (exact) mass is 483 g/mol. The number of ether oxygens (including phenoxy) is 1. The second-order valence-corrected chi connectivity index (χ2v) is 9.97. The van der Waals surface area contributed by atoms with Crippen molar-refractivity contribution in [3.05, 3.63) is 51.9 Å². The molecule has 9 heteroatoms. The second-order valence-electron chi connectivity index (χ2n) is 8.86. The first-order valence-electron chi connectivity index (χ1n) is 11.6. The first-order chi connectivity index (χ1) is 16.3. The molecule has 8 nitrogen and oxygen atoms in total. The SMILES string of the molecule is CCC1(c2ccccc2)NC(=O)N(CC(=O)Nc2sc3c(c2C(=O)OC(C)C)CCCC3)C1=O. The Kier molecular flexibility index (Phi) is 6.74. The molecule has 4 amide bonds. The van der Waals surface area contributed by atoms with E-state index in [0.717, 1.165) is 41.0 Å². The molecule has 180 valence electrons. The summed E-state index contributed by atoms with van der Waals surface area (Å²) in [5, 5.41) is 5.98. The van der Waals surface area contributed by atoms with Gasteiger partial charge in [0.25, 0.3) is 5.91 Å². The van der Waals surface area contributed by atoms with Gasteiger partial charge in [-0.25, -0.2) is 9.59 Å². The van der Waals surface area contributed by atoms with Gasteiger partial charge in [0.2, 0.25) is 5.91 Å². The highest BCUT2D eigenvalue weighted by Crippen LogP contribution is 2.39. The Labute approximate surface area is 202 Å². The van der Waals surface area contributed by atoms with E-state index in [9.17, 15) is 19.2 Å². The summed E-state index contributed by atoms with van der Waals surface area (Å²) in [6.45, 7) is 4.93. The normalized spacial score (nSPS) is 19.7. The number of nitrogens with zero attached hydrogens (tertiary/aromatic N) is 1. The van der Waals surface area contributed by atoms with Crippen LogP contribution < -0.4 is 10.6 Å². The number of amides is 4. The summed E-state index contributed by atoms with van der Waals surface area (Å²) < 4.78 is 5.43. The minimum absolute atomic E-state index is 0.290. The quantitative estimate of drug-likeness (QED) is 0.458. The fourth-order valence-corrected chi connectivity index (χ4v) is 5.88. The fourth-order valence-electron chi connectivity index (χ4n) is 4.58. The van der Waals surface area contributed by atoms with Gasteiger partial charge < -0.3 is 15.4 Å². The lowest BCUT2D eigenvalue weighted by molar-refractivity contribution is -0.134. The largest absolute Gasteiger partial charge is 0.459 e. The molecular weight excluding hydrogens is 454 g/mol. The lowest BCUT2D eigenvalue weighted by atomic mass is 9.87. The second kappa shape index (κ2) is 9.58. The molecule has 2 N–H and O–H groups in total. The van der Waals surface area contributed by atoms with E-state index < -0.39 is 35.9 Å². The third-order valence-corrected chi connectivity index (χ3v) is 7.45. The van der Waals surface area contributed by atoms with Gasteiger partial charge in [-0.3, -0.25) is 14.5 Å². The van der Waals surface area contributed by atoms with Crippen LogP contribution in [-0.4, -0.2) is 41.4 Å². The summed E-state index contributed by atoms with van der Waals surface area (Å²) in [4.78, 5) is 53.8. The van der Waals surface area contributed by atoms with Gasteiger partial charge in [-0.2, -0.15) is 0 Å². The number of rotatable bonds is 7. The van der Waals surface area contributed by atoms with Crippen molar-refractivity contribution in [3.63, 3.8) is 0 Å². The molecule has 1 saturated heterocycles. The highest BCUT2D eigenvalue weighted by Gasteiger charge is 2.51. The molecule has 1 aliphatic carbocycles. The molecule has 1 unspecified atom stereocenters. The van der Waals surface area contributed by atoms with Crippen LogP contribution in [-0.2, 0) is 32.7 Å². The number of fused-ring (bicyclic) bond motifs is 1. The lowest BCUT2D eigenvalue weighted by Gasteiger charge is -2.25. The van der Waals surface area contributed by atoms with Gasteiger partial charge in [0.15, 0.2) is 0 Å². The molecule has 1 aliphatic heterocycles. The highest BCUT2D eigenvalue weighted by atomic mass is 32.1. The van der Waals surface area contributed by atoms with Crippen LogP contribution in [0.4, 0.5) is 9.80 Å². The predicted molar refractivity (Wildman–Crippen MR) is 129 cm³/mol. The van der Waals surface area contributed by atoms with E-state index in [1.165, 1.54) is 11.3 Å². The molecule has 1 fully saturated rings. The van der Waals surface area contributed by atoms with Crippen molar-refractivity contribution in [2.75, 3.05) is 11.9 Å². The maximum Gasteiger partial charge on any atom is 0.341 e. The van der Waals surface area contributed by atoms with E-state index in [-0.39, 0.29) is 6.10 Å². The van der Waals surface area contributed by atoms with Crippen molar-refractivity contribution in [1.82, 2.24) is 10.2 Å². The van der Waals surface area contributed by atoms with Crippen molar-refractivity contribution >= 4 is 40.2 Å². The smallest absolute Gasteiger partial charge is 0.341 e. The Morgan fingerprint density at radius 3 is 2.56 bits per heavy atom. The molecule has 2 aromatic rings. The minimum Gasteiger partial charge on any atom is -0.459 e. The third-order valence-electron chi connectivity index (χ3n) is 6.25. The molecule has 34 heavy (non-hydrogen) atoms. The van der Waals surface area contributed by atoms with Gasteiger partial charge in [-0.05, 0) is 57.1 Å². The zero-order chi connectivity index (χ0) is 24.5. The van der Waals surface area contributed by atoms with E-state index >= 15 is 0 Å². The van der Waals surface area contributed by atoms with Crippen LogP contribution in [0.1, 0.15) is 66.4 Å². The van der Waals surface area contributed by atoms with Gasteiger partial charge in [-0.1, -0.05) is 37.3 Å². The summed E-state index contributed by atoms with van der Waals surface area (Å²) in [5.74, 6) is -1.47. The number of aryl methyl sites for hydroxylation is 1. The summed E-state index contributed by atoms with van der Waals surface area (Å²) in [5.41, 5.74) is 0.795. The van der Waals surface area contributed by atoms with Crippen molar-refractivity contribution in [1.29, 1.82) is 0 Å². The standard InChI is InChI=1S/C25H29N3O5S/c1-4-25(16-10-6-5-7-11-16)23(31)28(24(32)27-25)14-19(29)26-21-20(22(30)33-15(2)3)17-12-8-9-13-18(17)34-21/h5-7,10-11,15H,4,8-9,12-14H2,1-3H3,(H,26,29)(H,27,32). The number of carbonyl (C=O) groups excluding carboxylic acids is 4. The molecule has 4 rings (SSSR count). The molecule has 0 radical (unpaired) electrons. The predicted octanol–water partition coefficient (Wildman–Crippen LogP) is 3.99. The molecule has 2 aliphatic rings. The molecule has 0 bridgehead atoms. The summed E-state index contributed by atoms with van der Waals surface area (Å²) >= 11 is 1.37. The van der Waals surface area contributed by atoms with Crippen LogP contribution in [0.2, 0.25) is 0 Å². The third kappa shape index (κ3) is 4.32. The number of thiophene rings is 1. The number of imide groups is 1. The Morgan fingerprint density at radius 1 is 1.18 bits per heavy atom. The number of hydrogen-bond donors (Lipinski definition) is 2. The lowest BCUT2D eigenvalue weighted by Crippen LogP contribution is -2.44. The van der Waals surface area contributed by atoms with E-state index in [1.54, 1.807) is 38.1 Å². The van der Waals surface area contributed by atoms with Crippen molar-refractivity contribution in [2.24, 2.45) is 0 Å². The molecule has 1 aromatic carbocycles. The molecule has 2 heterocycles. The zero-order valence-corrected chi connectivity index (χ0v) is 20.4. The molecule has 0 saturated carbocycles. The van der Waals surface area contributed by atoms with Crippen LogP contribution in [0.15, 0.2) is 30.3 Å². The topological polar surface area (TPSA) is 105 Å². The van der Waals surface area contributed by atoms with E-state index in [2.05, 4.69) is 10.6 Å². The maximum atomic E-state index is 13.3. The Bertz CT molecular complexity index is 1130. The average molecular weight is 484 g/mol. The molecule has 0 spiro atoms. The fraction of sp³-hybridized carbons (Fsp3) is 0.440. The van der Waals surface area contributed by atoms with Crippen molar-refractivity contribution in [2.45, 2.75) is 64.5 Å². The van der Waals surface area contributed by atoms with Gasteiger partial charge in [0.05, 0.1) is 11.7 Å². The minimum atomic E-state index is -1.20. The number of urea groups is 1. The van der Waals surface area contributed by atoms with Crippen LogP contribution in [0.25, 0.3) is 0 Å². The van der Waals surface area contributed by atoms with Crippen LogP contribution in [0.5, 0.6) is 0 Å². The van der Waals surface area contributed by atoms with Gasteiger partial charge in [0.1, 0.15) is 17.1 Å². The van der Waals surface area contributed by atoms with Crippen molar-refractivity contribution < 1.29 is 23.9 Å². The van der Waals surface area contributed by atoms with Gasteiger partial charge >= 0.3 is 12.0 Å². The van der Waals surface area contributed by atoms with Crippen LogP contribution in [0, 0.1) is 0 Å². The Morgan fingerprint density at radius 2 is 1.88 bits per heavy atom. The Balaban J connectivity index is 1.55. The first-order valence-corrected chi connectivity index (χ1v) is 12.4. The molecule has 1 atom stereocenters. The van der Waals surface area contributed by atoms with E-state index in [4.69, 9.17) is 4.74 Å². The molecular formula is C25H29N3O5S. The number of carbonyl (C=O) groups is 4. The van der Waals surface area contributed by atoms with Gasteiger partial charge in [-0.15, -0.1) is 11.3 Å². The number of benzene rings is 1. The summed E-state index contributed by atoms with van der Waals surface area (Å²) in [7, 11) is 0. The van der Waals surface area contributed by atoms with Crippen LogP contribution >= 0.6 is 11.3 Å². The summed E-state index contributed by atoms with van der Waals surface area (Å²) in [6, 6.07) is 8.40. The highest BCUT2D eigenvalue weighted by molar-refractivity contribution is 7.17. The first kappa shape index (κ1) is 23.9. The van der Waals surface area contributed by atoms with Gasteiger partial charge in [0, 0.05) is 4.88 Å². The Hall–Kier alpha value is -3.20. The number of esters is 1.